The van der Waals surface area contributed by atoms with Crippen LogP contribution in [0.5, 0.6) is 11.5 Å². The number of carbonyl (C=O) groups excluding carboxylic acids is 2. The highest BCUT2D eigenvalue weighted by Gasteiger charge is 2.18. The number of ether oxygens (including phenoxy) is 1. The topological polar surface area (TPSA) is 113 Å². The summed E-state index contributed by atoms with van der Waals surface area (Å²) in [6.07, 6.45) is 0. The lowest BCUT2D eigenvalue weighted by Gasteiger charge is -2.10. The second-order valence-corrected chi connectivity index (χ2v) is 8.52. The Hall–Kier alpha value is -5.31. The van der Waals surface area contributed by atoms with E-state index in [9.17, 15) is 19.7 Å². The molecule has 38 heavy (non-hydrogen) atoms. The third-order valence-electron chi connectivity index (χ3n) is 5.94. The van der Waals surface area contributed by atoms with Gasteiger partial charge in [0.1, 0.15) is 17.2 Å². The number of aromatic nitrogens is 1. The van der Waals surface area contributed by atoms with Crippen LogP contribution in [0.25, 0.3) is 27.5 Å². The molecule has 5 rings (SSSR count). The Morgan fingerprint density at radius 1 is 0.816 bits per heavy atom. The minimum atomic E-state index is -0.618. The summed E-state index contributed by atoms with van der Waals surface area (Å²) in [4.78, 5) is 39.4. The lowest BCUT2D eigenvalue weighted by molar-refractivity contribution is -0.384. The first-order valence-electron chi connectivity index (χ1n) is 11.6. The molecule has 0 aliphatic carbocycles. The number of fused-ring (bicyclic) bond motifs is 3. The highest BCUT2D eigenvalue weighted by atomic mass is 16.7. The van der Waals surface area contributed by atoms with Crippen molar-refractivity contribution in [2.75, 3.05) is 0 Å². The first-order valence-corrected chi connectivity index (χ1v) is 11.6. The number of para-hydroxylation sites is 1. The van der Waals surface area contributed by atoms with Crippen molar-refractivity contribution in [2.45, 2.75) is 13.8 Å². The van der Waals surface area contributed by atoms with Crippen LogP contribution in [0.1, 0.15) is 24.2 Å². The zero-order valence-electron chi connectivity index (χ0n) is 20.5. The van der Waals surface area contributed by atoms with E-state index in [2.05, 4.69) is 9.99 Å². The quantitative estimate of drug-likeness (QED) is 0.0806. The molecule has 1 heterocycles. The average Bonchev–Trinajstić information content (AvgIpc) is 3.24. The van der Waals surface area contributed by atoms with E-state index in [0.29, 0.717) is 22.7 Å². The summed E-state index contributed by atoms with van der Waals surface area (Å²) in [5, 5.41) is 16.4. The molecule has 0 atom stereocenters. The van der Waals surface area contributed by atoms with Gasteiger partial charge in [-0.25, -0.2) is 4.79 Å². The molecule has 0 fully saturated rings. The molecular formula is C29H21N3O6. The molecule has 0 amide bonds. The van der Waals surface area contributed by atoms with E-state index < -0.39 is 10.9 Å². The van der Waals surface area contributed by atoms with Gasteiger partial charge >= 0.3 is 5.97 Å². The molecule has 4 aromatic carbocycles. The fourth-order valence-electron chi connectivity index (χ4n) is 4.21. The number of hydrogen-bond donors (Lipinski definition) is 0. The minimum Gasteiger partial charge on any atom is -0.457 e. The van der Waals surface area contributed by atoms with Crippen LogP contribution in [0.4, 0.5) is 5.69 Å². The van der Waals surface area contributed by atoms with E-state index in [1.54, 1.807) is 30.3 Å². The van der Waals surface area contributed by atoms with Crippen molar-refractivity contribution >= 4 is 45.0 Å². The van der Waals surface area contributed by atoms with Crippen molar-refractivity contribution in [3.63, 3.8) is 0 Å². The molecule has 9 nitrogen and oxygen atoms in total. The molecule has 0 aliphatic rings. The molecular weight excluding hydrogens is 486 g/mol. The van der Waals surface area contributed by atoms with Gasteiger partial charge in [0.2, 0.25) is 5.78 Å². The predicted octanol–water partition coefficient (Wildman–Crippen LogP) is 6.61. The Morgan fingerprint density at radius 2 is 1.55 bits per heavy atom. The van der Waals surface area contributed by atoms with Gasteiger partial charge in [0.25, 0.3) is 5.69 Å². The van der Waals surface area contributed by atoms with Crippen LogP contribution in [-0.4, -0.2) is 27.0 Å². The number of nitrogens with zero attached hydrogens (tertiary/aromatic N) is 3. The van der Waals surface area contributed by atoms with Gasteiger partial charge in [-0.3, -0.25) is 14.9 Å². The molecule has 188 valence electrons. The second kappa shape index (κ2) is 9.98. The molecule has 0 aliphatic heterocycles. The van der Waals surface area contributed by atoms with E-state index in [4.69, 9.17) is 4.74 Å². The number of benzene rings is 4. The summed E-state index contributed by atoms with van der Waals surface area (Å²) in [5.41, 5.74) is 2.68. The molecule has 0 spiro atoms. The number of ketones is 1. The Labute approximate surface area is 216 Å². The summed E-state index contributed by atoms with van der Waals surface area (Å²) in [5.74, 6) is 0.288. The maximum Gasteiger partial charge on any atom is 0.331 e. The van der Waals surface area contributed by atoms with E-state index in [0.717, 1.165) is 21.8 Å². The highest BCUT2D eigenvalue weighted by molar-refractivity contribution is 6.45. The van der Waals surface area contributed by atoms with Gasteiger partial charge < -0.3 is 14.1 Å². The fourth-order valence-corrected chi connectivity index (χ4v) is 4.21. The van der Waals surface area contributed by atoms with Crippen LogP contribution in [0.3, 0.4) is 0 Å². The molecule has 0 radical (unpaired) electrons. The van der Waals surface area contributed by atoms with Crippen LogP contribution < -0.4 is 4.74 Å². The monoisotopic (exact) mass is 507 g/mol. The normalized spacial score (nSPS) is 11.5. The minimum absolute atomic E-state index is 0.0157. The number of nitro benzene ring substituents is 1. The van der Waals surface area contributed by atoms with Crippen molar-refractivity contribution in [1.29, 1.82) is 0 Å². The number of Topliss-reactive ketones (excluding diaryl/α,β-unsaturated/α-hetero) is 1. The number of rotatable bonds is 7. The Morgan fingerprint density at radius 3 is 2.24 bits per heavy atom. The number of non-ortho nitro benzene ring substituents is 1. The van der Waals surface area contributed by atoms with Crippen molar-refractivity contribution in [3.8, 4) is 17.2 Å². The SMILES string of the molecule is CC(=O)ON=C(C)C(=O)c1ccc2c(c1)c1ccc(Oc3ccccc3)cc1n2-c1ccc([N+](=O)[O-])cc1. The van der Waals surface area contributed by atoms with E-state index >= 15 is 0 Å². The van der Waals surface area contributed by atoms with Crippen LogP contribution in [-0.2, 0) is 9.63 Å². The van der Waals surface area contributed by atoms with E-state index in [-0.39, 0.29) is 17.2 Å². The smallest absolute Gasteiger partial charge is 0.331 e. The highest BCUT2D eigenvalue weighted by Crippen LogP contribution is 2.36. The average molecular weight is 508 g/mol. The van der Waals surface area contributed by atoms with Crippen LogP contribution in [0.15, 0.2) is 96.2 Å². The van der Waals surface area contributed by atoms with Gasteiger partial charge in [-0.2, -0.15) is 0 Å². The number of oxime groups is 1. The maximum absolute atomic E-state index is 13.0. The Kier molecular flexibility index (Phi) is 6.40. The summed E-state index contributed by atoms with van der Waals surface area (Å²) >= 11 is 0. The largest absolute Gasteiger partial charge is 0.457 e. The Balaban J connectivity index is 1.67. The lowest BCUT2D eigenvalue weighted by atomic mass is 10.0. The van der Waals surface area contributed by atoms with Crippen molar-refractivity contribution in [3.05, 3.63) is 107 Å². The number of hydrogen-bond acceptors (Lipinski definition) is 7. The third-order valence-corrected chi connectivity index (χ3v) is 5.94. The first-order chi connectivity index (χ1) is 18.3. The van der Waals surface area contributed by atoms with Gasteiger partial charge in [-0.15, -0.1) is 0 Å². The van der Waals surface area contributed by atoms with Crippen molar-refractivity contribution in [1.82, 2.24) is 4.57 Å². The molecule has 9 heteroatoms. The summed E-state index contributed by atoms with van der Waals surface area (Å²) in [7, 11) is 0. The van der Waals surface area contributed by atoms with Crippen molar-refractivity contribution in [2.24, 2.45) is 5.16 Å². The summed E-state index contributed by atoms with van der Waals surface area (Å²) in [6.45, 7) is 2.68. The zero-order chi connectivity index (χ0) is 26.8. The van der Waals surface area contributed by atoms with Crippen LogP contribution in [0.2, 0.25) is 0 Å². The van der Waals surface area contributed by atoms with Gasteiger partial charge in [-0.1, -0.05) is 23.4 Å². The van der Waals surface area contributed by atoms with Crippen molar-refractivity contribution < 1.29 is 24.1 Å². The molecule has 5 aromatic rings. The Bertz CT molecular complexity index is 1740. The first kappa shape index (κ1) is 24.4. The van der Waals surface area contributed by atoms with Crippen LogP contribution >= 0.6 is 0 Å². The standard InChI is InChI=1S/C29H21N3O6/c1-18(30-38-19(2)33)29(34)20-8-15-27-26(16-20)25-14-13-24(37-23-6-4-3-5-7-23)17-28(25)31(27)21-9-11-22(12-10-21)32(35)36/h3-17H,1-2H3. The van der Waals surface area contributed by atoms with Gasteiger partial charge in [0.05, 0.1) is 16.0 Å². The summed E-state index contributed by atoms with van der Waals surface area (Å²) in [6, 6.07) is 26.5. The molecule has 0 N–H and O–H groups in total. The number of nitro groups is 1. The van der Waals surface area contributed by atoms with Gasteiger partial charge in [-0.05, 0) is 61.5 Å². The zero-order valence-corrected chi connectivity index (χ0v) is 20.5. The maximum atomic E-state index is 13.0. The lowest BCUT2D eigenvalue weighted by Crippen LogP contribution is -2.11. The van der Waals surface area contributed by atoms with Gasteiger partial charge in [0.15, 0.2) is 0 Å². The number of carbonyl (C=O) groups is 2. The summed E-state index contributed by atoms with van der Waals surface area (Å²) < 4.78 is 8.01. The molecule has 0 bridgehead atoms. The molecule has 0 saturated carbocycles. The fraction of sp³-hybridized carbons (Fsp3) is 0.0690. The molecule has 1 aromatic heterocycles. The molecule has 0 saturated heterocycles. The van der Waals surface area contributed by atoms with Crippen LogP contribution in [0, 0.1) is 10.1 Å². The van der Waals surface area contributed by atoms with Gasteiger partial charge in [0, 0.05) is 47.1 Å². The molecule has 0 unspecified atom stereocenters. The third kappa shape index (κ3) is 4.72. The van der Waals surface area contributed by atoms with E-state index in [1.165, 1.54) is 26.0 Å². The van der Waals surface area contributed by atoms with E-state index in [1.807, 2.05) is 53.1 Å². The predicted molar refractivity (Wildman–Crippen MR) is 143 cm³/mol. The second-order valence-electron chi connectivity index (χ2n) is 8.52.